The van der Waals surface area contributed by atoms with Gasteiger partial charge < -0.3 is 10.2 Å². The molecular formula is C16H19N3OS. The molecule has 1 aromatic heterocycles. The number of para-hydroxylation sites is 1. The maximum absolute atomic E-state index is 11.9. The van der Waals surface area contributed by atoms with Crippen LogP contribution in [0, 0.1) is 6.92 Å². The van der Waals surface area contributed by atoms with E-state index in [-0.39, 0.29) is 18.0 Å². The van der Waals surface area contributed by atoms with E-state index in [1.165, 1.54) is 5.56 Å². The molecule has 1 aromatic carbocycles. The lowest BCUT2D eigenvalue weighted by Crippen LogP contribution is -2.43. The second-order valence-electron chi connectivity index (χ2n) is 5.52. The van der Waals surface area contributed by atoms with Crippen LogP contribution in [-0.2, 0) is 4.79 Å². The lowest BCUT2D eigenvalue weighted by molar-refractivity contribution is -0.117. The van der Waals surface area contributed by atoms with Crippen molar-refractivity contribution in [2.75, 3.05) is 10.2 Å². The lowest BCUT2D eigenvalue weighted by atomic mass is 9.92. The second-order valence-corrected chi connectivity index (χ2v) is 6.38. The highest BCUT2D eigenvalue weighted by Gasteiger charge is 2.32. The number of rotatable bonds is 2. The van der Waals surface area contributed by atoms with Crippen LogP contribution in [0.3, 0.4) is 0 Å². The monoisotopic (exact) mass is 301 g/mol. The molecule has 0 saturated carbocycles. The van der Waals surface area contributed by atoms with E-state index in [2.05, 4.69) is 23.3 Å². The zero-order chi connectivity index (χ0) is 15.0. The number of thiazole rings is 1. The number of fused-ring (bicyclic) bond motifs is 1. The summed E-state index contributed by atoms with van der Waals surface area (Å²) in [6, 6.07) is 8.49. The molecule has 110 valence electrons. The van der Waals surface area contributed by atoms with Crippen molar-refractivity contribution >= 4 is 28.1 Å². The fraction of sp³-hybridized carbons (Fsp3) is 0.375. The molecule has 21 heavy (non-hydrogen) atoms. The van der Waals surface area contributed by atoms with E-state index in [0.717, 1.165) is 22.9 Å². The Morgan fingerprint density at radius 1 is 1.43 bits per heavy atom. The minimum atomic E-state index is 0.0958. The van der Waals surface area contributed by atoms with Crippen LogP contribution in [0.15, 0.2) is 29.6 Å². The summed E-state index contributed by atoms with van der Waals surface area (Å²) in [5.41, 5.74) is 3.21. The fourth-order valence-corrected chi connectivity index (χ4v) is 3.74. The number of nitrogens with zero attached hydrogens (tertiary/aromatic N) is 2. The third-order valence-corrected chi connectivity index (χ3v) is 4.74. The van der Waals surface area contributed by atoms with E-state index in [4.69, 9.17) is 0 Å². The van der Waals surface area contributed by atoms with E-state index in [1.54, 1.807) is 18.3 Å². The van der Waals surface area contributed by atoms with Crippen molar-refractivity contribution in [3.8, 4) is 0 Å². The quantitative estimate of drug-likeness (QED) is 0.919. The third kappa shape index (κ3) is 2.65. The number of benzene rings is 1. The number of carbonyl (C=O) groups excluding carboxylic acids is 1. The van der Waals surface area contributed by atoms with Crippen LogP contribution < -0.4 is 10.2 Å². The van der Waals surface area contributed by atoms with Crippen molar-refractivity contribution in [1.29, 1.82) is 0 Å². The van der Waals surface area contributed by atoms with E-state index in [9.17, 15) is 4.79 Å². The molecule has 5 heteroatoms. The number of nitrogens with one attached hydrogen (secondary N) is 1. The lowest BCUT2D eigenvalue weighted by Gasteiger charge is -2.39. The van der Waals surface area contributed by atoms with Gasteiger partial charge in [0.15, 0.2) is 5.13 Å². The van der Waals surface area contributed by atoms with Gasteiger partial charge in [-0.2, -0.15) is 0 Å². The first-order valence-electron chi connectivity index (χ1n) is 7.13. The summed E-state index contributed by atoms with van der Waals surface area (Å²) in [5.74, 6) is 0.0958. The molecule has 0 saturated heterocycles. The predicted molar refractivity (Wildman–Crippen MR) is 86.9 cm³/mol. The van der Waals surface area contributed by atoms with Crippen LogP contribution in [0.5, 0.6) is 0 Å². The largest absolute Gasteiger partial charge is 0.355 e. The Bertz CT molecular complexity index is 667. The van der Waals surface area contributed by atoms with Crippen molar-refractivity contribution in [2.24, 2.45) is 0 Å². The second kappa shape index (κ2) is 5.48. The van der Waals surface area contributed by atoms with Crippen LogP contribution >= 0.6 is 11.3 Å². The Balaban J connectivity index is 1.96. The standard InChI is InChI=1S/C16H19N3OS/c1-10-9-21-16(17-10)18-14-8-11(2)19(12(3)20)15-7-5-4-6-13(14)15/h4-7,9,11,14H,8H2,1-3H3,(H,17,18). The summed E-state index contributed by atoms with van der Waals surface area (Å²) < 4.78 is 0. The maximum atomic E-state index is 11.9. The fourth-order valence-electron chi connectivity index (χ4n) is 3.00. The van der Waals surface area contributed by atoms with Gasteiger partial charge in [-0.3, -0.25) is 4.79 Å². The molecule has 2 heterocycles. The minimum absolute atomic E-state index is 0.0958. The van der Waals surface area contributed by atoms with Crippen LogP contribution in [0.1, 0.15) is 37.6 Å². The van der Waals surface area contributed by atoms with Gasteiger partial charge in [-0.1, -0.05) is 18.2 Å². The Morgan fingerprint density at radius 3 is 2.86 bits per heavy atom. The van der Waals surface area contributed by atoms with Gasteiger partial charge in [0.05, 0.1) is 11.7 Å². The summed E-state index contributed by atoms with van der Waals surface area (Å²) in [6.45, 7) is 5.72. The zero-order valence-electron chi connectivity index (χ0n) is 12.5. The van der Waals surface area contributed by atoms with E-state index in [1.807, 2.05) is 35.4 Å². The molecule has 3 rings (SSSR count). The van der Waals surface area contributed by atoms with Gasteiger partial charge in [-0.05, 0) is 31.9 Å². The number of anilines is 2. The highest BCUT2D eigenvalue weighted by molar-refractivity contribution is 7.13. The van der Waals surface area contributed by atoms with Crippen LogP contribution in [-0.4, -0.2) is 16.9 Å². The smallest absolute Gasteiger partial charge is 0.224 e. The van der Waals surface area contributed by atoms with Crippen molar-refractivity contribution in [3.63, 3.8) is 0 Å². The molecule has 2 unspecified atom stereocenters. The molecule has 0 fully saturated rings. The Hall–Kier alpha value is -1.88. The first kappa shape index (κ1) is 14.1. The number of aryl methyl sites for hydroxylation is 1. The summed E-state index contributed by atoms with van der Waals surface area (Å²) in [5, 5.41) is 6.50. The SMILES string of the molecule is CC(=O)N1c2ccccc2C(Nc2nc(C)cs2)CC1C. The van der Waals surface area contributed by atoms with E-state index in [0.29, 0.717) is 0 Å². The van der Waals surface area contributed by atoms with Crippen molar-refractivity contribution in [2.45, 2.75) is 39.3 Å². The topological polar surface area (TPSA) is 45.2 Å². The van der Waals surface area contributed by atoms with Crippen molar-refractivity contribution in [1.82, 2.24) is 4.98 Å². The van der Waals surface area contributed by atoms with Crippen molar-refractivity contribution in [3.05, 3.63) is 40.9 Å². The summed E-state index contributed by atoms with van der Waals surface area (Å²) >= 11 is 1.62. The molecule has 0 spiro atoms. The predicted octanol–water partition coefficient (Wildman–Crippen LogP) is 3.75. The molecular weight excluding hydrogens is 282 g/mol. The third-order valence-electron chi connectivity index (χ3n) is 3.85. The van der Waals surface area contributed by atoms with Gasteiger partial charge in [-0.15, -0.1) is 11.3 Å². The minimum Gasteiger partial charge on any atom is -0.355 e. The van der Waals surface area contributed by atoms with Gasteiger partial charge in [0, 0.05) is 24.0 Å². The molecule has 1 amide bonds. The number of amides is 1. The van der Waals surface area contributed by atoms with Crippen LogP contribution in [0.2, 0.25) is 0 Å². The van der Waals surface area contributed by atoms with Gasteiger partial charge in [0.2, 0.25) is 5.91 Å². The average molecular weight is 301 g/mol. The Morgan fingerprint density at radius 2 is 2.19 bits per heavy atom. The van der Waals surface area contributed by atoms with Crippen LogP contribution in [0.4, 0.5) is 10.8 Å². The maximum Gasteiger partial charge on any atom is 0.224 e. The molecule has 1 aliphatic rings. The average Bonchev–Trinajstić information content (AvgIpc) is 2.83. The highest BCUT2D eigenvalue weighted by Crippen LogP contribution is 2.39. The van der Waals surface area contributed by atoms with Gasteiger partial charge >= 0.3 is 0 Å². The van der Waals surface area contributed by atoms with E-state index < -0.39 is 0 Å². The number of hydrogen-bond donors (Lipinski definition) is 1. The molecule has 0 bridgehead atoms. The summed E-state index contributed by atoms with van der Waals surface area (Å²) in [7, 11) is 0. The van der Waals surface area contributed by atoms with E-state index >= 15 is 0 Å². The molecule has 2 atom stereocenters. The molecule has 4 nitrogen and oxygen atoms in total. The Kier molecular flexibility index (Phi) is 3.68. The summed E-state index contributed by atoms with van der Waals surface area (Å²) in [6.07, 6.45) is 0.884. The first-order valence-corrected chi connectivity index (χ1v) is 8.01. The van der Waals surface area contributed by atoms with Gasteiger partial charge in [0.25, 0.3) is 0 Å². The number of hydrogen-bond acceptors (Lipinski definition) is 4. The molecule has 2 aromatic rings. The molecule has 0 aliphatic carbocycles. The first-order chi connectivity index (χ1) is 10.1. The number of aromatic nitrogens is 1. The normalized spacial score (nSPS) is 21.0. The molecule has 1 aliphatic heterocycles. The van der Waals surface area contributed by atoms with Crippen LogP contribution in [0.25, 0.3) is 0 Å². The zero-order valence-corrected chi connectivity index (χ0v) is 13.3. The van der Waals surface area contributed by atoms with Crippen molar-refractivity contribution < 1.29 is 4.79 Å². The molecule has 0 radical (unpaired) electrons. The Labute approximate surface area is 128 Å². The summed E-state index contributed by atoms with van der Waals surface area (Å²) in [4.78, 5) is 18.3. The van der Waals surface area contributed by atoms with Gasteiger partial charge in [-0.25, -0.2) is 4.98 Å². The van der Waals surface area contributed by atoms with Gasteiger partial charge in [0.1, 0.15) is 0 Å². The highest BCUT2D eigenvalue weighted by atomic mass is 32.1. The number of carbonyl (C=O) groups is 1. The molecule has 1 N–H and O–H groups in total.